The highest BCUT2D eigenvalue weighted by atomic mass is 16.6. The van der Waals surface area contributed by atoms with Gasteiger partial charge in [0, 0.05) is 30.4 Å². The molecule has 0 radical (unpaired) electrons. The Balaban J connectivity index is 2.13. The Morgan fingerprint density at radius 1 is 1.24 bits per heavy atom. The van der Waals surface area contributed by atoms with E-state index in [1.54, 1.807) is 12.1 Å². The van der Waals surface area contributed by atoms with Crippen LogP contribution in [-0.4, -0.2) is 21.4 Å². The lowest BCUT2D eigenvalue weighted by atomic mass is 10.2. The van der Waals surface area contributed by atoms with Gasteiger partial charge in [0.2, 0.25) is 0 Å². The summed E-state index contributed by atoms with van der Waals surface area (Å²) in [6, 6.07) is 12.4. The molecule has 0 unspecified atom stereocenters. The Morgan fingerprint density at radius 3 is 2.67 bits per heavy atom. The summed E-state index contributed by atoms with van der Waals surface area (Å²) in [5.41, 5.74) is 2.91. The predicted octanol–water partition coefficient (Wildman–Crippen LogP) is 2.63. The first-order valence-electron chi connectivity index (χ1n) is 6.56. The quantitative estimate of drug-likeness (QED) is 0.589. The molecule has 0 saturated heterocycles. The number of pyridine rings is 1. The van der Waals surface area contributed by atoms with E-state index < -0.39 is 4.92 Å². The first-order valence-corrected chi connectivity index (χ1v) is 6.56. The third-order valence-electron chi connectivity index (χ3n) is 3.31. The van der Waals surface area contributed by atoms with Gasteiger partial charge in [0.05, 0.1) is 16.1 Å². The van der Waals surface area contributed by atoms with Crippen molar-refractivity contribution < 1.29 is 4.92 Å². The number of rotatable bonds is 4. The summed E-state index contributed by atoms with van der Waals surface area (Å²) >= 11 is 0. The number of nitrogens with zero attached hydrogens (tertiary/aromatic N) is 3. The van der Waals surface area contributed by atoms with E-state index in [2.05, 4.69) is 10.3 Å². The smallest absolute Gasteiger partial charge is 0.269 e. The minimum atomic E-state index is -0.403. The number of nitro benzene ring substituents is 1. The first kappa shape index (κ1) is 13.3. The van der Waals surface area contributed by atoms with E-state index in [0.717, 1.165) is 22.6 Å². The molecule has 0 aliphatic carbocycles. The maximum atomic E-state index is 10.7. The van der Waals surface area contributed by atoms with E-state index in [9.17, 15) is 10.1 Å². The summed E-state index contributed by atoms with van der Waals surface area (Å²) in [6.07, 6.45) is 1.94. The van der Waals surface area contributed by atoms with Crippen LogP contribution in [0.25, 0.3) is 16.9 Å². The van der Waals surface area contributed by atoms with Crippen LogP contribution < -0.4 is 5.32 Å². The van der Waals surface area contributed by atoms with Crippen LogP contribution in [0.5, 0.6) is 0 Å². The molecule has 0 spiro atoms. The van der Waals surface area contributed by atoms with Crippen LogP contribution in [0.2, 0.25) is 0 Å². The van der Waals surface area contributed by atoms with Gasteiger partial charge < -0.3 is 5.32 Å². The number of hydrogen-bond acceptors (Lipinski definition) is 4. The van der Waals surface area contributed by atoms with Crippen LogP contribution >= 0.6 is 0 Å². The maximum Gasteiger partial charge on any atom is 0.269 e. The highest BCUT2D eigenvalue weighted by Crippen LogP contribution is 2.24. The van der Waals surface area contributed by atoms with Gasteiger partial charge in [-0.3, -0.25) is 14.5 Å². The van der Waals surface area contributed by atoms with E-state index in [-0.39, 0.29) is 5.69 Å². The summed E-state index contributed by atoms with van der Waals surface area (Å²) < 4.78 is 1.99. The van der Waals surface area contributed by atoms with Crippen LogP contribution in [0.3, 0.4) is 0 Å². The second-order valence-corrected chi connectivity index (χ2v) is 4.67. The van der Waals surface area contributed by atoms with E-state index in [1.807, 2.05) is 35.8 Å². The lowest BCUT2D eigenvalue weighted by Crippen LogP contribution is -2.05. The standard InChI is InChI=1S/C15H14N4O2/c1-16-10-13-14-4-2-3-9-18(14)15(17-13)11-5-7-12(8-6-11)19(20)21/h2-9,16H,10H2,1H3. The number of nitro groups is 1. The number of non-ortho nitro benzene ring substituents is 1. The van der Waals surface area contributed by atoms with Crippen LogP contribution in [0, 0.1) is 10.1 Å². The molecule has 0 atom stereocenters. The number of imidazole rings is 1. The topological polar surface area (TPSA) is 72.5 Å². The van der Waals surface area contributed by atoms with Crippen molar-refractivity contribution in [2.45, 2.75) is 6.54 Å². The number of aromatic nitrogens is 2. The Morgan fingerprint density at radius 2 is 2.00 bits per heavy atom. The van der Waals surface area contributed by atoms with Gasteiger partial charge >= 0.3 is 0 Å². The number of benzene rings is 1. The molecule has 1 N–H and O–H groups in total. The molecular formula is C15H14N4O2. The molecule has 3 rings (SSSR count). The van der Waals surface area contributed by atoms with E-state index in [4.69, 9.17) is 0 Å². The summed E-state index contributed by atoms with van der Waals surface area (Å²) in [5.74, 6) is 0.783. The van der Waals surface area contributed by atoms with Crippen molar-refractivity contribution in [1.29, 1.82) is 0 Å². The van der Waals surface area contributed by atoms with Crippen molar-refractivity contribution in [2.75, 3.05) is 7.05 Å². The zero-order valence-corrected chi connectivity index (χ0v) is 11.5. The van der Waals surface area contributed by atoms with Crippen molar-refractivity contribution in [3.63, 3.8) is 0 Å². The fourth-order valence-electron chi connectivity index (χ4n) is 2.34. The van der Waals surface area contributed by atoms with Crippen LogP contribution in [-0.2, 0) is 6.54 Å². The molecule has 0 amide bonds. The molecule has 0 aliphatic heterocycles. The summed E-state index contributed by atoms with van der Waals surface area (Å²) in [7, 11) is 1.87. The van der Waals surface area contributed by atoms with Crippen molar-refractivity contribution in [2.24, 2.45) is 0 Å². The summed E-state index contributed by atoms with van der Waals surface area (Å²) in [6.45, 7) is 0.667. The SMILES string of the molecule is CNCc1nc(-c2ccc([N+](=O)[O-])cc2)n2ccccc12. The normalized spacial score (nSPS) is 10.9. The Hall–Kier alpha value is -2.73. The lowest BCUT2D eigenvalue weighted by Gasteiger charge is -2.00. The van der Waals surface area contributed by atoms with Crippen molar-refractivity contribution in [3.8, 4) is 11.4 Å². The van der Waals surface area contributed by atoms with Crippen molar-refractivity contribution in [1.82, 2.24) is 14.7 Å². The summed E-state index contributed by atoms with van der Waals surface area (Å²) in [5, 5.41) is 13.8. The molecule has 6 heteroatoms. The fourth-order valence-corrected chi connectivity index (χ4v) is 2.34. The van der Waals surface area contributed by atoms with Gasteiger partial charge in [-0.2, -0.15) is 0 Å². The van der Waals surface area contributed by atoms with Gasteiger partial charge in [-0.1, -0.05) is 6.07 Å². The highest BCUT2D eigenvalue weighted by molar-refractivity contribution is 5.66. The van der Waals surface area contributed by atoms with Crippen LogP contribution in [0.1, 0.15) is 5.69 Å². The summed E-state index contributed by atoms with van der Waals surface area (Å²) in [4.78, 5) is 15.0. The molecule has 2 heterocycles. The molecule has 0 aliphatic rings. The van der Waals surface area contributed by atoms with E-state index >= 15 is 0 Å². The minimum Gasteiger partial charge on any atom is -0.314 e. The first-order chi connectivity index (χ1) is 10.2. The lowest BCUT2D eigenvalue weighted by molar-refractivity contribution is -0.384. The average Bonchev–Trinajstić information content (AvgIpc) is 2.87. The molecule has 0 saturated carbocycles. The monoisotopic (exact) mass is 282 g/mol. The third-order valence-corrected chi connectivity index (χ3v) is 3.31. The van der Waals surface area contributed by atoms with Crippen LogP contribution in [0.15, 0.2) is 48.7 Å². The second-order valence-electron chi connectivity index (χ2n) is 4.67. The average molecular weight is 282 g/mol. The second kappa shape index (κ2) is 5.34. The van der Waals surface area contributed by atoms with E-state index in [0.29, 0.717) is 6.54 Å². The van der Waals surface area contributed by atoms with Crippen molar-refractivity contribution >= 4 is 11.2 Å². The minimum absolute atomic E-state index is 0.0788. The molecule has 6 nitrogen and oxygen atoms in total. The van der Waals surface area contributed by atoms with Crippen LogP contribution in [0.4, 0.5) is 5.69 Å². The molecule has 0 bridgehead atoms. The van der Waals surface area contributed by atoms with Gasteiger partial charge in [0.15, 0.2) is 0 Å². The zero-order chi connectivity index (χ0) is 14.8. The van der Waals surface area contributed by atoms with Gasteiger partial charge in [-0.25, -0.2) is 4.98 Å². The predicted molar refractivity (Wildman–Crippen MR) is 80.0 cm³/mol. The molecule has 0 fully saturated rings. The third kappa shape index (κ3) is 2.36. The molecular weight excluding hydrogens is 268 g/mol. The van der Waals surface area contributed by atoms with E-state index in [1.165, 1.54) is 12.1 Å². The molecule has 21 heavy (non-hydrogen) atoms. The number of hydrogen-bond donors (Lipinski definition) is 1. The Kier molecular flexibility index (Phi) is 3.37. The number of nitrogens with one attached hydrogen (secondary N) is 1. The molecule has 1 aromatic carbocycles. The van der Waals surface area contributed by atoms with Gasteiger partial charge in [-0.15, -0.1) is 0 Å². The fraction of sp³-hybridized carbons (Fsp3) is 0.133. The highest BCUT2D eigenvalue weighted by Gasteiger charge is 2.13. The number of fused-ring (bicyclic) bond motifs is 1. The Labute approximate surface area is 121 Å². The largest absolute Gasteiger partial charge is 0.314 e. The maximum absolute atomic E-state index is 10.7. The zero-order valence-electron chi connectivity index (χ0n) is 11.5. The van der Waals surface area contributed by atoms with Gasteiger partial charge in [-0.05, 0) is 31.3 Å². The molecule has 2 aromatic heterocycles. The van der Waals surface area contributed by atoms with Gasteiger partial charge in [0.1, 0.15) is 5.82 Å². The molecule has 106 valence electrons. The van der Waals surface area contributed by atoms with Crippen molar-refractivity contribution in [3.05, 3.63) is 64.5 Å². The Bertz CT molecular complexity index is 793. The molecule has 3 aromatic rings. The van der Waals surface area contributed by atoms with Gasteiger partial charge in [0.25, 0.3) is 5.69 Å².